The van der Waals surface area contributed by atoms with Crippen LogP contribution in [0.15, 0.2) is 34.9 Å². The number of nitrogens with one attached hydrogen (secondary N) is 1. The van der Waals surface area contributed by atoms with Gasteiger partial charge >= 0.3 is 0 Å². The molecule has 1 aromatic heterocycles. The van der Waals surface area contributed by atoms with Crippen molar-refractivity contribution in [2.45, 2.75) is 6.42 Å². The molecule has 0 atom stereocenters. The lowest BCUT2D eigenvalue weighted by molar-refractivity contribution is 0.0945. The third-order valence-electron chi connectivity index (χ3n) is 2.49. The fourth-order valence-electron chi connectivity index (χ4n) is 1.50. The highest BCUT2D eigenvalue weighted by molar-refractivity contribution is 7.80. The van der Waals surface area contributed by atoms with Gasteiger partial charge in [0, 0.05) is 18.2 Å². The standard InChI is InChI=1S/C13H13FN2O2S/c14-10-4-2-9(3-5-10)12-8-11(16-18-12)13(17)15-6-1-7-19/h2-5,8,19H,1,6-7H2,(H,15,17). The number of hydrogen-bond donors (Lipinski definition) is 2. The van der Waals surface area contributed by atoms with E-state index in [2.05, 4.69) is 23.1 Å². The summed E-state index contributed by atoms with van der Waals surface area (Å²) in [6, 6.07) is 7.31. The minimum atomic E-state index is -0.326. The molecule has 1 N–H and O–H groups in total. The summed E-state index contributed by atoms with van der Waals surface area (Å²) < 4.78 is 17.9. The molecule has 0 aliphatic heterocycles. The Bertz CT molecular complexity index is 554. The number of carbonyl (C=O) groups is 1. The SMILES string of the molecule is O=C(NCCCS)c1cc(-c2ccc(F)cc2)on1. The first-order valence-electron chi connectivity index (χ1n) is 5.82. The maximum Gasteiger partial charge on any atom is 0.273 e. The van der Waals surface area contributed by atoms with E-state index in [4.69, 9.17) is 4.52 Å². The molecular formula is C13H13FN2O2S. The van der Waals surface area contributed by atoms with Crippen LogP contribution in [-0.4, -0.2) is 23.4 Å². The molecule has 1 amide bonds. The topological polar surface area (TPSA) is 55.1 Å². The minimum absolute atomic E-state index is 0.207. The quantitative estimate of drug-likeness (QED) is 0.653. The first kappa shape index (κ1) is 13.6. The van der Waals surface area contributed by atoms with Crippen LogP contribution in [0.25, 0.3) is 11.3 Å². The Hall–Kier alpha value is -1.82. The number of halogens is 1. The molecule has 1 heterocycles. The van der Waals surface area contributed by atoms with Gasteiger partial charge in [0.25, 0.3) is 5.91 Å². The van der Waals surface area contributed by atoms with Gasteiger partial charge in [-0.15, -0.1) is 0 Å². The first-order valence-corrected chi connectivity index (χ1v) is 6.45. The second-order valence-electron chi connectivity index (χ2n) is 3.92. The Morgan fingerprint density at radius 2 is 2.11 bits per heavy atom. The molecule has 1 aromatic carbocycles. The van der Waals surface area contributed by atoms with Crippen molar-refractivity contribution < 1.29 is 13.7 Å². The van der Waals surface area contributed by atoms with Gasteiger partial charge in [-0.1, -0.05) is 5.16 Å². The van der Waals surface area contributed by atoms with Crippen LogP contribution in [0.3, 0.4) is 0 Å². The molecule has 0 fully saturated rings. The highest BCUT2D eigenvalue weighted by atomic mass is 32.1. The smallest absolute Gasteiger partial charge is 0.273 e. The summed E-state index contributed by atoms with van der Waals surface area (Å²) in [5.74, 6) is 0.520. The van der Waals surface area contributed by atoms with E-state index < -0.39 is 0 Å². The average Bonchev–Trinajstić information content (AvgIpc) is 2.89. The Labute approximate surface area is 115 Å². The van der Waals surface area contributed by atoms with E-state index in [0.717, 1.165) is 6.42 Å². The van der Waals surface area contributed by atoms with Crippen LogP contribution in [-0.2, 0) is 0 Å². The van der Waals surface area contributed by atoms with Crippen LogP contribution in [0.4, 0.5) is 4.39 Å². The summed E-state index contributed by atoms with van der Waals surface area (Å²) in [6.45, 7) is 0.543. The second kappa shape index (κ2) is 6.38. The lowest BCUT2D eigenvalue weighted by atomic mass is 10.1. The molecule has 19 heavy (non-hydrogen) atoms. The molecule has 100 valence electrons. The second-order valence-corrected chi connectivity index (χ2v) is 4.36. The van der Waals surface area contributed by atoms with Crippen LogP contribution in [0.1, 0.15) is 16.9 Å². The van der Waals surface area contributed by atoms with Crippen molar-refractivity contribution in [1.29, 1.82) is 0 Å². The van der Waals surface area contributed by atoms with E-state index >= 15 is 0 Å². The molecule has 2 aromatic rings. The van der Waals surface area contributed by atoms with Crippen molar-refractivity contribution in [3.8, 4) is 11.3 Å². The predicted molar refractivity (Wildman–Crippen MR) is 72.7 cm³/mol. The molecule has 0 bridgehead atoms. The lowest BCUT2D eigenvalue weighted by Crippen LogP contribution is -2.24. The Balaban J connectivity index is 2.06. The minimum Gasteiger partial charge on any atom is -0.355 e. The molecule has 0 unspecified atom stereocenters. The Morgan fingerprint density at radius 1 is 1.37 bits per heavy atom. The van der Waals surface area contributed by atoms with Crippen LogP contribution in [0.5, 0.6) is 0 Å². The van der Waals surface area contributed by atoms with Gasteiger partial charge in [-0.05, 0) is 36.4 Å². The summed E-state index contributed by atoms with van der Waals surface area (Å²) in [5, 5.41) is 6.40. The zero-order chi connectivity index (χ0) is 13.7. The summed E-state index contributed by atoms with van der Waals surface area (Å²) in [5.41, 5.74) is 0.877. The van der Waals surface area contributed by atoms with Crippen molar-refractivity contribution in [3.05, 3.63) is 41.8 Å². The van der Waals surface area contributed by atoms with Crippen molar-refractivity contribution in [2.75, 3.05) is 12.3 Å². The Kier molecular flexibility index (Phi) is 4.57. The zero-order valence-electron chi connectivity index (χ0n) is 10.1. The number of nitrogens with zero attached hydrogens (tertiary/aromatic N) is 1. The van der Waals surface area contributed by atoms with Gasteiger partial charge < -0.3 is 9.84 Å². The molecule has 0 spiro atoms. The summed E-state index contributed by atoms with van der Waals surface area (Å²) in [6.07, 6.45) is 0.789. The number of rotatable bonds is 5. The van der Waals surface area contributed by atoms with Gasteiger partial charge in [0.2, 0.25) is 0 Å². The first-order chi connectivity index (χ1) is 9.20. The number of benzene rings is 1. The van der Waals surface area contributed by atoms with Crippen LogP contribution >= 0.6 is 12.6 Å². The summed E-state index contributed by atoms with van der Waals surface area (Å²) in [4.78, 5) is 11.7. The van der Waals surface area contributed by atoms with Crippen molar-refractivity contribution >= 4 is 18.5 Å². The van der Waals surface area contributed by atoms with Crippen LogP contribution in [0.2, 0.25) is 0 Å². The molecule has 0 aliphatic rings. The van der Waals surface area contributed by atoms with Gasteiger partial charge in [0.1, 0.15) is 5.82 Å². The van der Waals surface area contributed by atoms with E-state index in [-0.39, 0.29) is 17.4 Å². The average molecular weight is 280 g/mol. The molecule has 0 saturated heterocycles. The van der Waals surface area contributed by atoms with E-state index in [1.165, 1.54) is 18.2 Å². The largest absolute Gasteiger partial charge is 0.355 e. The molecule has 0 saturated carbocycles. The molecule has 2 rings (SSSR count). The molecule has 6 heteroatoms. The molecule has 0 aliphatic carbocycles. The predicted octanol–water partition coefficient (Wildman–Crippen LogP) is 2.53. The Morgan fingerprint density at radius 3 is 2.79 bits per heavy atom. The van der Waals surface area contributed by atoms with Gasteiger partial charge in [-0.3, -0.25) is 4.79 Å². The van der Waals surface area contributed by atoms with Crippen LogP contribution < -0.4 is 5.32 Å². The number of carbonyl (C=O) groups excluding carboxylic acids is 1. The number of thiol groups is 1. The van der Waals surface area contributed by atoms with Gasteiger partial charge in [-0.25, -0.2) is 4.39 Å². The lowest BCUT2D eigenvalue weighted by Gasteiger charge is -1.99. The fraction of sp³-hybridized carbons (Fsp3) is 0.231. The number of amides is 1. The third kappa shape index (κ3) is 3.57. The van der Waals surface area contributed by atoms with Crippen molar-refractivity contribution in [2.24, 2.45) is 0 Å². The zero-order valence-corrected chi connectivity index (χ0v) is 11.0. The van der Waals surface area contributed by atoms with Crippen molar-refractivity contribution in [1.82, 2.24) is 10.5 Å². The molecule has 4 nitrogen and oxygen atoms in total. The maximum absolute atomic E-state index is 12.8. The van der Waals surface area contributed by atoms with Crippen LogP contribution in [0, 0.1) is 5.82 Å². The molecular weight excluding hydrogens is 267 g/mol. The highest BCUT2D eigenvalue weighted by Crippen LogP contribution is 2.20. The van der Waals surface area contributed by atoms with Gasteiger partial charge in [-0.2, -0.15) is 12.6 Å². The fourth-order valence-corrected chi connectivity index (χ4v) is 1.66. The number of aromatic nitrogens is 1. The number of hydrogen-bond acceptors (Lipinski definition) is 4. The van der Waals surface area contributed by atoms with E-state index in [9.17, 15) is 9.18 Å². The summed E-state index contributed by atoms with van der Waals surface area (Å²) in [7, 11) is 0. The highest BCUT2D eigenvalue weighted by Gasteiger charge is 2.13. The van der Waals surface area contributed by atoms with Crippen molar-refractivity contribution in [3.63, 3.8) is 0 Å². The third-order valence-corrected chi connectivity index (χ3v) is 2.81. The monoisotopic (exact) mass is 280 g/mol. The maximum atomic E-state index is 12.8. The van der Waals surface area contributed by atoms with Gasteiger partial charge in [0.05, 0.1) is 0 Å². The van der Waals surface area contributed by atoms with E-state index in [1.807, 2.05) is 0 Å². The van der Waals surface area contributed by atoms with E-state index in [1.54, 1.807) is 12.1 Å². The summed E-state index contributed by atoms with van der Waals surface area (Å²) >= 11 is 4.05. The van der Waals surface area contributed by atoms with Gasteiger partial charge in [0.15, 0.2) is 11.5 Å². The van der Waals surface area contributed by atoms with E-state index in [0.29, 0.717) is 23.6 Å². The molecule has 0 radical (unpaired) electrons. The normalized spacial score (nSPS) is 10.4.